The van der Waals surface area contributed by atoms with Crippen molar-refractivity contribution >= 4 is 23.0 Å². The standard InChI is InChI=1S/C21H22N2OS/c1-16-5-9-18(10-6-16)14-23(15-20-4-3-13-24-20)21(25)22-19-11-7-17(2)8-12-19/h3-13H,14-15H2,1-2H3,(H,22,25). The van der Waals surface area contributed by atoms with Crippen LogP contribution < -0.4 is 5.32 Å². The van der Waals surface area contributed by atoms with Crippen LogP contribution in [-0.2, 0) is 13.1 Å². The zero-order chi connectivity index (χ0) is 17.6. The normalized spacial score (nSPS) is 10.5. The van der Waals surface area contributed by atoms with Gasteiger partial charge in [0.2, 0.25) is 0 Å². The molecule has 2 aromatic carbocycles. The van der Waals surface area contributed by atoms with Crippen LogP contribution in [0.4, 0.5) is 5.69 Å². The highest BCUT2D eigenvalue weighted by atomic mass is 32.1. The molecule has 3 aromatic rings. The number of benzene rings is 2. The van der Waals surface area contributed by atoms with Crippen LogP contribution in [0, 0.1) is 13.8 Å². The van der Waals surface area contributed by atoms with E-state index < -0.39 is 0 Å². The number of nitrogens with one attached hydrogen (secondary N) is 1. The highest BCUT2D eigenvalue weighted by molar-refractivity contribution is 7.80. The molecule has 0 fully saturated rings. The lowest BCUT2D eigenvalue weighted by atomic mass is 10.1. The van der Waals surface area contributed by atoms with Gasteiger partial charge in [-0.15, -0.1) is 0 Å². The molecule has 0 saturated heterocycles. The summed E-state index contributed by atoms with van der Waals surface area (Å²) >= 11 is 5.66. The van der Waals surface area contributed by atoms with Crippen LogP contribution in [-0.4, -0.2) is 10.0 Å². The molecule has 128 valence electrons. The Labute approximate surface area is 154 Å². The third-order valence-electron chi connectivity index (χ3n) is 4.01. The van der Waals surface area contributed by atoms with Crippen molar-refractivity contribution in [2.45, 2.75) is 26.9 Å². The molecule has 0 spiro atoms. The molecule has 3 nitrogen and oxygen atoms in total. The van der Waals surface area contributed by atoms with Crippen molar-refractivity contribution in [3.05, 3.63) is 89.4 Å². The maximum atomic E-state index is 5.66. The minimum absolute atomic E-state index is 0.624. The van der Waals surface area contributed by atoms with Gasteiger partial charge < -0.3 is 14.6 Å². The molecule has 1 heterocycles. The van der Waals surface area contributed by atoms with Gasteiger partial charge in [0.05, 0.1) is 12.8 Å². The molecule has 0 bridgehead atoms. The predicted molar refractivity (Wildman–Crippen MR) is 107 cm³/mol. The van der Waals surface area contributed by atoms with Crippen molar-refractivity contribution in [1.82, 2.24) is 4.90 Å². The van der Waals surface area contributed by atoms with E-state index in [4.69, 9.17) is 16.6 Å². The first-order valence-corrected chi connectivity index (χ1v) is 8.71. The van der Waals surface area contributed by atoms with Gasteiger partial charge in [0.25, 0.3) is 0 Å². The summed E-state index contributed by atoms with van der Waals surface area (Å²) in [5.74, 6) is 0.889. The molecule has 3 rings (SSSR count). The van der Waals surface area contributed by atoms with E-state index in [-0.39, 0.29) is 0 Å². The molecule has 0 aliphatic heterocycles. The Morgan fingerprint density at radius 2 is 1.56 bits per heavy atom. The highest BCUT2D eigenvalue weighted by Crippen LogP contribution is 2.15. The number of hydrogen-bond acceptors (Lipinski definition) is 2. The fraction of sp³-hybridized carbons (Fsp3) is 0.190. The number of hydrogen-bond donors (Lipinski definition) is 1. The van der Waals surface area contributed by atoms with Crippen LogP contribution in [0.3, 0.4) is 0 Å². The molecule has 0 atom stereocenters. The monoisotopic (exact) mass is 350 g/mol. The molecule has 4 heteroatoms. The van der Waals surface area contributed by atoms with Crippen LogP contribution >= 0.6 is 12.2 Å². The van der Waals surface area contributed by atoms with E-state index in [1.807, 2.05) is 24.3 Å². The average molecular weight is 350 g/mol. The van der Waals surface area contributed by atoms with Crippen LogP contribution in [0.25, 0.3) is 0 Å². The van der Waals surface area contributed by atoms with E-state index in [0.29, 0.717) is 11.7 Å². The van der Waals surface area contributed by atoms with Crippen molar-refractivity contribution < 1.29 is 4.42 Å². The van der Waals surface area contributed by atoms with Gasteiger partial charge >= 0.3 is 0 Å². The maximum absolute atomic E-state index is 5.66. The first kappa shape index (κ1) is 17.2. The smallest absolute Gasteiger partial charge is 0.174 e. The highest BCUT2D eigenvalue weighted by Gasteiger charge is 2.13. The average Bonchev–Trinajstić information content (AvgIpc) is 3.11. The first-order chi connectivity index (χ1) is 12.1. The third-order valence-corrected chi connectivity index (χ3v) is 4.37. The van der Waals surface area contributed by atoms with Crippen molar-refractivity contribution in [2.75, 3.05) is 5.32 Å². The maximum Gasteiger partial charge on any atom is 0.174 e. The second-order valence-corrected chi connectivity index (χ2v) is 6.60. The molecule has 25 heavy (non-hydrogen) atoms. The zero-order valence-corrected chi connectivity index (χ0v) is 15.3. The molecule has 0 aliphatic carbocycles. The minimum Gasteiger partial charge on any atom is -0.467 e. The van der Waals surface area contributed by atoms with E-state index in [2.05, 4.69) is 60.5 Å². The Hall–Kier alpha value is -2.59. The van der Waals surface area contributed by atoms with Gasteiger partial charge in [0.1, 0.15) is 5.76 Å². The number of anilines is 1. The lowest BCUT2D eigenvalue weighted by Gasteiger charge is -2.25. The molecule has 0 unspecified atom stereocenters. The number of furan rings is 1. The molecular formula is C21H22N2OS. The van der Waals surface area contributed by atoms with E-state index in [1.165, 1.54) is 16.7 Å². The van der Waals surface area contributed by atoms with Gasteiger partial charge in [-0.1, -0.05) is 47.5 Å². The molecular weight excluding hydrogens is 328 g/mol. The summed E-state index contributed by atoms with van der Waals surface area (Å²) in [7, 11) is 0. The Morgan fingerprint density at radius 1 is 0.920 bits per heavy atom. The molecule has 1 aromatic heterocycles. The Balaban J connectivity index is 1.75. The summed E-state index contributed by atoms with van der Waals surface area (Å²) in [6.45, 7) is 5.51. The SMILES string of the molecule is Cc1ccc(CN(Cc2ccco2)C(=S)Nc2ccc(C)cc2)cc1. The Bertz CT molecular complexity index is 808. The summed E-state index contributed by atoms with van der Waals surface area (Å²) in [4.78, 5) is 2.11. The lowest BCUT2D eigenvalue weighted by Crippen LogP contribution is -2.33. The van der Waals surface area contributed by atoms with Gasteiger partial charge in [0.15, 0.2) is 5.11 Å². The molecule has 0 aliphatic rings. The van der Waals surface area contributed by atoms with Crippen molar-refractivity contribution in [3.8, 4) is 0 Å². The topological polar surface area (TPSA) is 28.4 Å². The summed E-state index contributed by atoms with van der Waals surface area (Å²) in [6.07, 6.45) is 1.69. The summed E-state index contributed by atoms with van der Waals surface area (Å²) in [6, 6.07) is 20.6. The zero-order valence-electron chi connectivity index (χ0n) is 14.5. The van der Waals surface area contributed by atoms with Gasteiger partial charge in [0, 0.05) is 12.2 Å². The molecule has 0 amide bonds. The van der Waals surface area contributed by atoms with E-state index >= 15 is 0 Å². The predicted octanol–water partition coefficient (Wildman–Crippen LogP) is 5.30. The van der Waals surface area contributed by atoms with Crippen LogP contribution in [0.15, 0.2) is 71.3 Å². The van der Waals surface area contributed by atoms with Crippen molar-refractivity contribution in [3.63, 3.8) is 0 Å². The Morgan fingerprint density at radius 3 is 2.16 bits per heavy atom. The van der Waals surface area contributed by atoms with E-state index in [0.717, 1.165) is 18.0 Å². The lowest BCUT2D eigenvalue weighted by molar-refractivity contribution is 0.360. The first-order valence-electron chi connectivity index (χ1n) is 8.31. The second kappa shape index (κ2) is 7.99. The minimum atomic E-state index is 0.624. The fourth-order valence-corrected chi connectivity index (χ4v) is 2.79. The fourth-order valence-electron chi connectivity index (χ4n) is 2.54. The van der Waals surface area contributed by atoms with Crippen LogP contribution in [0.1, 0.15) is 22.5 Å². The third kappa shape index (κ3) is 4.94. The van der Waals surface area contributed by atoms with Crippen LogP contribution in [0.5, 0.6) is 0 Å². The number of rotatable bonds is 5. The number of thiocarbonyl (C=S) groups is 1. The molecule has 0 radical (unpaired) electrons. The molecule has 1 N–H and O–H groups in total. The summed E-state index contributed by atoms with van der Waals surface area (Å²) < 4.78 is 5.51. The van der Waals surface area contributed by atoms with Gasteiger partial charge in [-0.3, -0.25) is 0 Å². The molecule has 0 saturated carbocycles. The Kier molecular flexibility index (Phi) is 5.51. The van der Waals surface area contributed by atoms with Crippen molar-refractivity contribution in [1.29, 1.82) is 0 Å². The van der Waals surface area contributed by atoms with Gasteiger partial charge in [-0.2, -0.15) is 0 Å². The van der Waals surface area contributed by atoms with Gasteiger partial charge in [-0.25, -0.2) is 0 Å². The van der Waals surface area contributed by atoms with Gasteiger partial charge in [-0.05, 0) is 55.9 Å². The summed E-state index contributed by atoms with van der Waals surface area (Å²) in [5.41, 5.74) is 4.68. The van der Waals surface area contributed by atoms with Crippen LogP contribution in [0.2, 0.25) is 0 Å². The van der Waals surface area contributed by atoms with E-state index in [9.17, 15) is 0 Å². The number of nitrogens with zero attached hydrogens (tertiary/aromatic N) is 1. The number of aryl methyl sites for hydroxylation is 2. The quantitative estimate of drug-likeness (QED) is 0.633. The largest absolute Gasteiger partial charge is 0.467 e. The summed E-state index contributed by atoms with van der Waals surface area (Å²) in [5, 5.41) is 4.01. The van der Waals surface area contributed by atoms with E-state index in [1.54, 1.807) is 6.26 Å². The second-order valence-electron chi connectivity index (χ2n) is 6.22. The van der Waals surface area contributed by atoms with Crippen molar-refractivity contribution in [2.24, 2.45) is 0 Å².